The highest BCUT2D eigenvalue weighted by Gasteiger charge is 2.18. The molecule has 0 bridgehead atoms. The number of carbonyl (C=O) groups excluding carboxylic acids is 1. The van der Waals surface area contributed by atoms with Crippen molar-refractivity contribution < 1.29 is 14.6 Å². The van der Waals surface area contributed by atoms with E-state index in [-0.39, 0.29) is 17.8 Å². The van der Waals surface area contributed by atoms with Crippen LogP contribution in [0.3, 0.4) is 0 Å². The van der Waals surface area contributed by atoms with E-state index in [2.05, 4.69) is 0 Å². The molecule has 0 saturated carbocycles. The van der Waals surface area contributed by atoms with Gasteiger partial charge in [0.05, 0.1) is 18.8 Å². The summed E-state index contributed by atoms with van der Waals surface area (Å²) in [6.07, 6.45) is 0.610. The molecule has 0 fully saturated rings. The molecule has 0 heterocycles. The predicted octanol–water partition coefficient (Wildman–Crippen LogP) is 1.15. The summed E-state index contributed by atoms with van der Waals surface area (Å²) in [5.74, 6) is 0.0991. The molecule has 0 aliphatic carbocycles. The van der Waals surface area contributed by atoms with Gasteiger partial charge in [-0.25, -0.2) is 0 Å². The van der Waals surface area contributed by atoms with Crippen LogP contribution in [0.2, 0.25) is 0 Å². The summed E-state index contributed by atoms with van der Waals surface area (Å²) < 4.78 is 5.41. The van der Waals surface area contributed by atoms with Gasteiger partial charge < -0.3 is 20.5 Å². The van der Waals surface area contributed by atoms with E-state index in [1.165, 1.54) is 0 Å². The molecule has 0 radical (unpaired) electrons. The zero-order chi connectivity index (χ0) is 15.1. The Morgan fingerprint density at radius 3 is 2.50 bits per heavy atom. The van der Waals surface area contributed by atoms with Crippen molar-refractivity contribution in [2.75, 3.05) is 20.2 Å². The number of rotatable bonds is 7. The predicted molar refractivity (Wildman–Crippen MR) is 78.5 cm³/mol. The lowest BCUT2D eigenvalue weighted by Gasteiger charge is -2.22. The molecule has 0 aromatic heterocycles. The van der Waals surface area contributed by atoms with Crippen LogP contribution < -0.4 is 5.73 Å². The molecule has 1 aromatic carbocycles. The molecule has 5 heteroatoms. The van der Waals surface area contributed by atoms with Gasteiger partial charge in [0.25, 0.3) is 0 Å². The van der Waals surface area contributed by atoms with Crippen molar-refractivity contribution >= 4 is 5.91 Å². The Bertz CT molecular complexity index is 418. The highest BCUT2D eigenvalue weighted by atomic mass is 16.5. The maximum atomic E-state index is 12.1. The summed E-state index contributed by atoms with van der Waals surface area (Å²) in [4.78, 5) is 13.7. The summed E-state index contributed by atoms with van der Waals surface area (Å²) in [7, 11) is 1.72. The maximum Gasteiger partial charge on any atom is 0.239 e. The summed E-state index contributed by atoms with van der Waals surface area (Å²) in [5.41, 5.74) is 6.85. The number of carbonyl (C=O) groups is 1. The van der Waals surface area contributed by atoms with Gasteiger partial charge >= 0.3 is 0 Å². The smallest absolute Gasteiger partial charge is 0.239 e. The third kappa shape index (κ3) is 5.59. The van der Waals surface area contributed by atoms with Crippen LogP contribution in [0.15, 0.2) is 24.3 Å². The average molecular weight is 280 g/mol. The first kappa shape index (κ1) is 16.5. The number of amides is 1. The molecule has 0 spiro atoms. The Kier molecular flexibility index (Phi) is 6.48. The van der Waals surface area contributed by atoms with E-state index in [9.17, 15) is 9.90 Å². The molecular weight excluding hydrogens is 256 g/mol. The van der Waals surface area contributed by atoms with Crippen molar-refractivity contribution in [2.45, 2.75) is 32.4 Å². The molecule has 1 amide bonds. The van der Waals surface area contributed by atoms with Gasteiger partial charge in [-0.1, -0.05) is 12.1 Å². The van der Waals surface area contributed by atoms with Crippen LogP contribution in [0, 0.1) is 0 Å². The van der Waals surface area contributed by atoms with Crippen LogP contribution in [0.4, 0.5) is 0 Å². The second kappa shape index (κ2) is 7.87. The third-order valence-electron chi connectivity index (χ3n) is 2.96. The molecular formula is C15H24N2O3. The molecule has 1 atom stereocenters. The van der Waals surface area contributed by atoms with E-state index in [1.807, 2.05) is 13.8 Å². The fourth-order valence-electron chi connectivity index (χ4n) is 1.79. The molecule has 1 aromatic rings. The lowest BCUT2D eigenvalue weighted by Crippen LogP contribution is -2.44. The number of likely N-dealkylation sites (N-methyl/N-ethyl adjacent to an activating group) is 1. The molecule has 3 N–H and O–H groups in total. The second-order valence-electron chi connectivity index (χ2n) is 5.16. The van der Waals surface area contributed by atoms with Gasteiger partial charge in [0.2, 0.25) is 5.91 Å². The van der Waals surface area contributed by atoms with Gasteiger partial charge in [0, 0.05) is 13.6 Å². The van der Waals surface area contributed by atoms with Crippen molar-refractivity contribution in [3.63, 3.8) is 0 Å². The number of nitrogens with zero attached hydrogens (tertiary/aromatic N) is 1. The van der Waals surface area contributed by atoms with Gasteiger partial charge in [0.1, 0.15) is 5.75 Å². The number of aromatic hydroxyl groups is 1. The SMILES string of the molecule is CC(C)OCCN(C)C(=O)[C@@H](N)Cc1ccc(O)cc1. The van der Waals surface area contributed by atoms with E-state index in [0.29, 0.717) is 19.6 Å². The van der Waals surface area contributed by atoms with E-state index in [1.54, 1.807) is 36.2 Å². The normalized spacial score (nSPS) is 12.4. The highest BCUT2D eigenvalue weighted by molar-refractivity contribution is 5.81. The van der Waals surface area contributed by atoms with Crippen LogP contribution in [-0.2, 0) is 16.0 Å². The summed E-state index contributed by atoms with van der Waals surface area (Å²) in [6, 6.07) is 6.14. The number of phenols is 1. The Labute approximate surface area is 120 Å². The minimum absolute atomic E-state index is 0.106. The van der Waals surface area contributed by atoms with Crippen LogP contribution >= 0.6 is 0 Å². The van der Waals surface area contributed by atoms with E-state index in [0.717, 1.165) is 5.56 Å². The van der Waals surface area contributed by atoms with E-state index >= 15 is 0 Å². The highest BCUT2D eigenvalue weighted by Crippen LogP contribution is 2.11. The zero-order valence-electron chi connectivity index (χ0n) is 12.4. The molecule has 0 aliphatic rings. The number of hydrogen-bond acceptors (Lipinski definition) is 4. The quantitative estimate of drug-likeness (QED) is 0.785. The van der Waals surface area contributed by atoms with Crippen molar-refractivity contribution in [1.82, 2.24) is 4.90 Å². The monoisotopic (exact) mass is 280 g/mol. The second-order valence-corrected chi connectivity index (χ2v) is 5.16. The minimum Gasteiger partial charge on any atom is -0.508 e. The number of phenolic OH excluding ortho intramolecular Hbond substituents is 1. The standard InChI is InChI=1S/C15H24N2O3/c1-11(2)20-9-8-17(3)15(19)14(16)10-12-4-6-13(18)7-5-12/h4-7,11,14,18H,8-10,16H2,1-3H3/t14-/m0/s1. The lowest BCUT2D eigenvalue weighted by molar-refractivity contribution is -0.132. The van der Waals surface area contributed by atoms with Gasteiger partial charge in [-0.15, -0.1) is 0 Å². The topological polar surface area (TPSA) is 75.8 Å². The number of ether oxygens (including phenoxy) is 1. The number of nitrogens with two attached hydrogens (primary N) is 1. The van der Waals surface area contributed by atoms with Crippen LogP contribution in [0.5, 0.6) is 5.75 Å². The summed E-state index contributed by atoms with van der Waals surface area (Å²) in [6.45, 7) is 4.95. The van der Waals surface area contributed by atoms with Gasteiger partial charge in [0.15, 0.2) is 0 Å². The molecule has 20 heavy (non-hydrogen) atoms. The van der Waals surface area contributed by atoms with Gasteiger partial charge in [-0.2, -0.15) is 0 Å². The first-order valence-electron chi connectivity index (χ1n) is 6.80. The number of benzene rings is 1. The molecule has 1 rings (SSSR count). The first-order valence-corrected chi connectivity index (χ1v) is 6.80. The van der Waals surface area contributed by atoms with Crippen LogP contribution in [-0.4, -0.2) is 48.3 Å². The van der Waals surface area contributed by atoms with Crippen molar-refractivity contribution in [1.29, 1.82) is 0 Å². The number of hydrogen-bond donors (Lipinski definition) is 2. The maximum absolute atomic E-state index is 12.1. The van der Waals surface area contributed by atoms with Crippen molar-refractivity contribution in [3.8, 4) is 5.75 Å². The molecule has 0 unspecified atom stereocenters. The van der Waals surface area contributed by atoms with Gasteiger partial charge in [-0.3, -0.25) is 4.79 Å². The Morgan fingerprint density at radius 2 is 1.95 bits per heavy atom. The Hall–Kier alpha value is -1.59. The molecule has 5 nitrogen and oxygen atoms in total. The van der Waals surface area contributed by atoms with E-state index in [4.69, 9.17) is 10.5 Å². The van der Waals surface area contributed by atoms with Crippen molar-refractivity contribution in [2.24, 2.45) is 5.73 Å². The Morgan fingerprint density at radius 1 is 1.35 bits per heavy atom. The fourth-order valence-corrected chi connectivity index (χ4v) is 1.79. The first-order chi connectivity index (χ1) is 9.40. The molecule has 0 saturated heterocycles. The van der Waals surface area contributed by atoms with E-state index < -0.39 is 6.04 Å². The molecule has 0 aliphatic heterocycles. The van der Waals surface area contributed by atoms with Crippen molar-refractivity contribution in [3.05, 3.63) is 29.8 Å². The third-order valence-corrected chi connectivity index (χ3v) is 2.96. The fraction of sp³-hybridized carbons (Fsp3) is 0.533. The van der Waals surface area contributed by atoms with Gasteiger partial charge in [-0.05, 0) is 38.0 Å². The summed E-state index contributed by atoms with van der Waals surface area (Å²) in [5, 5.41) is 9.21. The average Bonchev–Trinajstić information content (AvgIpc) is 2.39. The Balaban J connectivity index is 2.43. The minimum atomic E-state index is -0.580. The molecule has 112 valence electrons. The lowest BCUT2D eigenvalue weighted by atomic mass is 10.1. The summed E-state index contributed by atoms with van der Waals surface area (Å²) >= 11 is 0. The van der Waals surface area contributed by atoms with Crippen LogP contribution in [0.25, 0.3) is 0 Å². The van der Waals surface area contributed by atoms with Crippen LogP contribution in [0.1, 0.15) is 19.4 Å². The largest absolute Gasteiger partial charge is 0.508 e. The zero-order valence-corrected chi connectivity index (χ0v) is 12.4.